The van der Waals surface area contributed by atoms with Crippen molar-refractivity contribution < 1.29 is 0 Å². The fourth-order valence-electron chi connectivity index (χ4n) is 4.00. The van der Waals surface area contributed by atoms with E-state index in [0.29, 0.717) is 5.95 Å². The predicted molar refractivity (Wildman–Crippen MR) is 117 cm³/mol. The van der Waals surface area contributed by atoms with Gasteiger partial charge in [0.1, 0.15) is 5.82 Å². The highest BCUT2D eigenvalue weighted by Gasteiger charge is 2.34. The lowest BCUT2D eigenvalue weighted by Gasteiger charge is -2.32. The summed E-state index contributed by atoms with van der Waals surface area (Å²) < 4.78 is 0. The van der Waals surface area contributed by atoms with E-state index in [1.165, 1.54) is 16.7 Å². The van der Waals surface area contributed by atoms with Gasteiger partial charge < -0.3 is 15.6 Å². The first kappa shape index (κ1) is 18.2. The standard InChI is InChI=1S/C22H23ClN6/c23-17-8-4-7-15(13-17)9-11-24-22-25-20-19-18(27-28-20)10-12-29(21(19)26-22)14-16-5-2-1-3-6-16/h1-8,13,18,27H,9-12,14H2,(H2,24,25,26,28). The minimum absolute atomic E-state index is 0.271. The quantitative estimate of drug-likeness (QED) is 0.571. The van der Waals surface area contributed by atoms with Gasteiger partial charge in [-0.15, -0.1) is 0 Å². The lowest BCUT2D eigenvalue weighted by molar-refractivity contribution is 0.534. The molecule has 148 valence electrons. The first-order valence-corrected chi connectivity index (χ1v) is 10.3. The Labute approximate surface area is 175 Å². The summed E-state index contributed by atoms with van der Waals surface area (Å²) in [5.41, 5.74) is 10.2. The van der Waals surface area contributed by atoms with E-state index in [9.17, 15) is 0 Å². The zero-order chi connectivity index (χ0) is 19.6. The molecule has 0 aliphatic carbocycles. The van der Waals surface area contributed by atoms with Crippen molar-refractivity contribution in [3.63, 3.8) is 0 Å². The number of halogens is 1. The minimum atomic E-state index is 0.271. The fraction of sp³-hybridized carbons (Fsp3) is 0.273. The van der Waals surface area contributed by atoms with Gasteiger partial charge in [0.15, 0.2) is 5.82 Å². The molecule has 2 aliphatic rings. The number of nitrogens with one attached hydrogen (secondary N) is 3. The zero-order valence-electron chi connectivity index (χ0n) is 16.0. The number of anilines is 3. The number of hydrazine groups is 1. The SMILES string of the molecule is Clc1cccc(CCNc2nc3c4c(n2)N(Cc2ccccc2)CCC4NN3)c1. The van der Waals surface area contributed by atoms with Crippen molar-refractivity contribution in [2.75, 3.05) is 28.7 Å². The summed E-state index contributed by atoms with van der Waals surface area (Å²) in [5.74, 6) is 2.54. The van der Waals surface area contributed by atoms with Crippen LogP contribution in [-0.4, -0.2) is 23.1 Å². The second kappa shape index (κ2) is 7.89. The van der Waals surface area contributed by atoms with Crippen LogP contribution in [0.5, 0.6) is 0 Å². The molecule has 0 spiro atoms. The monoisotopic (exact) mass is 406 g/mol. The zero-order valence-corrected chi connectivity index (χ0v) is 16.8. The van der Waals surface area contributed by atoms with Crippen molar-refractivity contribution in [1.29, 1.82) is 0 Å². The molecule has 2 aliphatic heterocycles. The highest BCUT2D eigenvalue weighted by atomic mass is 35.5. The smallest absolute Gasteiger partial charge is 0.226 e. The average Bonchev–Trinajstić information content (AvgIpc) is 3.15. The van der Waals surface area contributed by atoms with E-state index in [1.54, 1.807) is 0 Å². The van der Waals surface area contributed by atoms with Crippen LogP contribution in [0.4, 0.5) is 17.6 Å². The van der Waals surface area contributed by atoms with E-state index in [2.05, 4.69) is 56.4 Å². The molecule has 3 aromatic rings. The number of hydrogen-bond donors (Lipinski definition) is 3. The minimum Gasteiger partial charge on any atom is -0.354 e. The molecule has 0 saturated heterocycles. The molecule has 3 heterocycles. The molecule has 29 heavy (non-hydrogen) atoms. The molecule has 1 aromatic heterocycles. The Morgan fingerprint density at radius 1 is 1.07 bits per heavy atom. The highest BCUT2D eigenvalue weighted by molar-refractivity contribution is 6.30. The van der Waals surface area contributed by atoms with E-state index in [0.717, 1.165) is 49.1 Å². The van der Waals surface area contributed by atoms with E-state index < -0.39 is 0 Å². The van der Waals surface area contributed by atoms with Crippen molar-refractivity contribution in [2.45, 2.75) is 25.4 Å². The molecule has 1 unspecified atom stereocenters. The summed E-state index contributed by atoms with van der Waals surface area (Å²) in [5, 5.41) is 4.14. The Hall–Kier alpha value is -2.83. The third-order valence-corrected chi connectivity index (χ3v) is 5.66. The van der Waals surface area contributed by atoms with Crippen LogP contribution in [0.25, 0.3) is 0 Å². The van der Waals surface area contributed by atoms with Crippen LogP contribution in [0.2, 0.25) is 5.02 Å². The first-order chi connectivity index (χ1) is 14.3. The number of benzene rings is 2. The second-order valence-electron chi connectivity index (χ2n) is 7.46. The Balaban J connectivity index is 1.35. The van der Waals surface area contributed by atoms with Crippen LogP contribution < -0.4 is 21.1 Å². The van der Waals surface area contributed by atoms with Gasteiger partial charge in [-0.1, -0.05) is 54.1 Å². The highest BCUT2D eigenvalue weighted by Crippen LogP contribution is 2.41. The predicted octanol–water partition coefficient (Wildman–Crippen LogP) is 4.17. The summed E-state index contributed by atoms with van der Waals surface area (Å²) in [6, 6.07) is 18.8. The normalized spacial score (nSPS) is 17.0. The number of aromatic nitrogens is 2. The molecule has 1 atom stereocenters. The van der Waals surface area contributed by atoms with Crippen molar-refractivity contribution in [1.82, 2.24) is 15.4 Å². The molecule has 0 radical (unpaired) electrons. The fourth-order valence-corrected chi connectivity index (χ4v) is 4.21. The average molecular weight is 407 g/mol. The van der Waals surface area contributed by atoms with E-state index in [-0.39, 0.29) is 6.04 Å². The Kier molecular flexibility index (Phi) is 4.96. The third-order valence-electron chi connectivity index (χ3n) is 5.43. The third kappa shape index (κ3) is 3.86. The van der Waals surface area contributed by atoms with Crippen LogP contribution in [0.3, 0.4) is 0 Å². The molecule has 2 aromatic carbocycles. The maximum atomic E-state index is 6.08. The van der Waals surface area contributed by atoms with Gasteiger partial charge in [-0.3, -0.25) is 0 Å². The maximum absolute atomic E-state index is 6.08. The van der Waals surface area contributed by atoms with Gasteiger partial charge >= 0.3 is 0 Å². The lowest BCUT2D eigenvalue weighted by Crippen LogP contribution is -2.34. The van der Waals surface area contributed by atoms with Crippen LogP contribution in [0, 0.1) is 0 Å². The molecule has 5 rings (SSSR count). The van der Waals surface area contributed by atoms with Gasteiger partial charge in [-0.05, 0) is 36.1 Å². The molecule has 7 heteroatoms. The van der Waals surface area contributed by atoms with Gasteiger partial charge in [0.2, 0.25) is 5.95 Å². The molecular formula is C22H23ClN6. The summed E-state index contributed by atoms with van der Waals surface area (Å²) in [7, 11) is 0. The largest absolute Gasteiger partial charge is 0.354 e. The molecule has 6 nitrogen and oxygen atoms in total. The van der Waals surface area contributed by atoms with Gasteiger partial charge in [0.05, 0.1) is 11.6 Å². The van der Waals surface area contributed by atoms with Crippen LogP contribution >= 0.6 is 11.6 Å². The first-order valence-electron chi connectivity index (χ1n) is 9.97. The summed E-state index contributed by atoms with van der Waals surface area (Å²) >= 11 is 6.08. The summed E-state index contributed by atoms with van der Waals surface area (Å²) in [6.45, 7) is 2.55. The number of rotatable bonds is 6. The molecular weight excluding hydrogens is 384 g/mol. The van der Waals surface area contributed by atoms with Crippen molar-refractivity contribution in [2.24, 2.45) is 0 Å². The van der Waals surface area contributed by atoms with E-state index in [4.69, 9.17) is 16.6 Å². The van der Waals surface area contributed by atoms with Crippen LogP contribution in [0.1, 0.15) is 29.2 Å². The molecule has 0 bridgehead atoms. The number of hydrogen-bond acceptors (Lipinski definition) is 6. The van der Waals surface area contributed by atoms with E-state index in [1.807, 2.05) is 24.3 Å². The molecule has 0 amide bonds. The molecule has 0 saturated carbocycles. The van der Waals surface area contributed by atoms with Gasteiger partial charge in [0, 0.05) is 24.7 Å². The summed E-state index contributed by atoms with van der Waals surface area (Å²) in [6.07, 6.45) is 1.89. The van der Waals surface area contributed by atoms with Crippen LogP contribution in [-0.2, 0) is 13.0 Å². The Bertz CT molecular complexity index is 1010. The number of nitrogens with zero attached hydrogens (tertiary/aromatic N) is 3. The van der Waals surface area contributed by atoms with Gasteiger partial charge in [-0.25, -0.2) is 5.43 Å². The maximum Gasteiger partial charge on any atom is 0.226 e. The molecule has 0 fully saturated rings. The second-order valence-corrected chi connectivity index (χ2v) is 7.89. The van der Waals surface area contributed by atoms with E-state index >= 15 is 0 Å². The topological polar surface area (TPSA) is 65.1 Å². The Morgan fingerprint density at radius 3 is 2.79 bits per heavy atom. The van der Waals surface area contributed by atoms with Crippen molar-refractivity contribution in [3.8, 4) is 0 Å². The summed E-state index contributed by atoms with van der Waals surface area (Å²) in [4.78, 5) is 11.9. The lowest BCUT2D eigenvalue weighted by atomic mass is 10.0. The Morgan fingerprint density at radius 2 is 1.93 bits per heavy atom. The van der Waals surface area contributed by atoms with Crippen LogP contribution in [0.15, 0.2) is 54.6 Å². The van der Waals surface area contributed by atoms with Gasteiger partial charge in [-0.2, -0.15) is 9.97 Å². The van der Waals surface area contributed by atoms with Crippen molar-refractivity contribution >= 4 is 29.2 Å². The van der Waals surface area contributed by atoms with Crippen molar-refractivity contribution in [3.05, 3.63) is 76.3 Å². The molecule has 3 N–H and O–H groups in total. The van der Waals surface area contributed by atoms with Gasteiger partial charge in [0.25, 0.3) is 0 Å².